The summed E-state index contributed by atoms with van der Waals surface area (Å²) >= 11 is -6.42. The van der Waals surface area contributed by atoms with Crippen LogP contribution in [0.4, 0.5) is 0 Å². The molecule has 0 spiro atoms. The van der Waals surface area contributed by atoms with E-state index in [0.717, 1.165) is 11.0 Å². The molecule has 0 unspecified atom stereocenters. The average molecular weight is 1590 g/mol. The van der Waals surface area contributed by atoms with Crippen LogP contribution in [0.1, 0.15) is 451 Å². The van der Waals surface area contributed by atoms with E-state index in [9.17, 15) is 0 Å². The van der Waals surface area contributed by atoms with Gasteiger partial charge in [-0.25, -0.2) is 0 Å². The molecule has 100 heavy (non-hydrogen) atoms. The molecule has 5 aromatic rings. The first kappa shape index (κ1) is 85.3. The van der Waals surface area contributed by atoms with Crippen molar-refractivity contribution in [3.63, 3.8) is 0 Å². The van der Waals surface area contributed by atoms with Crippen molar-refractivity contribution >= 4 is 66.0 Å². The Hall–Kier alpha value is -1.94. The van der Waals surface area contributed by atoms with E-state index in [1.165, 1.54) is 419 Å². The third-order valence-corrected chi connectivity index (χ3v) is 57.0. The summed E-state index contributed by atoms with van der Waals surface area (Å²) < 4.78 is 24.6. The Morgan fingerprint density at radius 3 is 0.650 bits per heavy atom. The molecular weight excluding hydrogens is 1430 g/mol. The number of nitrogens with zero attached hydrogens (tertiary/aromatic N) is 4. The van der Waals surface area contributed by atoms with Crippen molar-refractivity contribution in [1.29, 1.82) is 0 Å². The van der Waals surface area contributed by atoms with E-state index in [2.05, 4.69) is 93.5 Å². The van der Waals surface area contributed by atoms with Gasteiger partial charge in [0.25, 0.3) is 0 Å². The van der Waals surface area contributed by atoms with Gasteiger partial charge in [0.1, 0.15) is 0 Å². The fourth-order valence-electron chi connectivity index (χ4n) is 19.7. The van der Waals surface area contributed by atoms with Gasteiger partial charge in [-0.15, -0.1) is 0 Å². The molecule has 2 aliphatic carbocycles. The number of aromatic nitrogens is 4. The Labute approximate surface area is 625 Å². The van der Waals surface area contributed by atoms with Crippen LogP contribution in [0.25, 0.3) is 44.3 Å². The minimum absolute atomic E-state index is 0.133. The van der Waals surface area contributed by atoms with E-state index in [1.807, 2.05) is 0 Å². The number of hydrogen-bond acceptors (Lipinski definition) is 6. The molecule has 0 saturated heterocycles. The zero-order chi connectivity index (χ0) is 71.0. The van der Waals surface area contributed by atoms with Gasteiger partial charge in [0, 0.05) is 0 Å². The minimum atomic E-state index is -3.21. The molecule has 566 valence electrons. The summed E-state index contributed by atoms with van der Waals surface area (Å²) in [5.74, 6) is 0. The van der Waals surface area contributed by atoms with Gasteiger partial charge in [-0.05, 0) is 0 Å². The number of unbranched alkanes of at least 4 members (excludes halogenated alkanes) is 42. The SMILES string of the molecule is CCCCCCCCCCCCC1(CCCCCCCCCCCC)c2cc3c(cc2-c2c1c[c]([Sn]([CH2]CCC)([CH2]CCC)[CH2]CCC)c1nonc21)C(CCCCCCCCCCCC)(CCCCCCCCCCCC)c1c[c]([Sn]([CH2]CCC)([CH2]CCC)[CH2]CCC)c2nonc2c1-3. The molecule has 0 aliphatic heterocycles. The zero-order valence-electron chi connectivity index (χ0n) is 67.8. The summed E-state index contributed by atoms with van der Waals surface area (Å²) in [5, 5.41) is 21.2. The Balaban J connectivity index is 1.51. The molecule has 0 bridgehead atoms. The summed E-state index contributed by atoms with van der Waals surface area (Å²) in [7, 11) is 0. The molecule has 0 atom stereocenters. The van der Waals surface area contributed by atoms with Crippen LogP contribution in [-0.2, 0) is 10.8 Å². The van der Waals surface area contributed by atoms with Crippen LogP contribution in [0.15, 0.2) is 33.5 Å². The van der Waals surface area contributed by atoms with E-state index in [4.69, 9.17) is 29.9 Å². The van der Waals surface area contributed by atoms with E-state index in [-0.39, 0.29) is 10.8 Å². The van der Waals surface area contributed by atoms with E-state index in [0.29, 0.717) is 0 Å². The van der Waals surface area contributed by atoms with Gasteiger partial charge in [-0.1, -0.05) is 105 Å². The molecule has 2 aliphatic rings. The standard InChI is InChI=1S/C68H104N4O2.6C4H9.2Sn/c1-5-9-13-17-21-25-29-33-37-41-49-67(50-42-38-34-30-26-22-18-14-10-6-2)57-45-47-61-65(71-73-69-61)63(57)55-54-60-56(53-59(55)67)64-58(46-48-62-66(64)72-74-70-62)68(60,51-43-39-35-31-27-23-19-15-11-7-3)52-44-40-36-32-28-24-20-16-12-8-4;6*1-3-4-2;;/h45-46,53-54H,5-44,49-52H2,1-4H3;6*1,3-4H2,2H3;;. The maximum atomic E-state index is 6.36. The van der Waals surface area contributed by atoms with Gasteiger partial charge in [0.2, 0.25) is 0 Å². The Morgan fingerprint density at radius 2 is 0.430 bits per heavy atom. The first-order valence-corrected chi connectivity index (χ1v) is 60.0. The van der Waals surface area contributed by atoms with Crippen molar-refractivity contribution in [3.8, 4) is 22.3 Å². The van der Waals surface area contributed by atoms with Crippen molar-refractivity contribution < 1.29 is 9.26 Å². The molecule has 3 aromatic carbocycles. The molecule has 0 saturated carbocycles. The predicted octanol–water partition coefficient (Wildman–Crippen LogP) is 30.6. The third kappa shape index (κ3) is 23.5. The van der Waals surface area contributed by atoms with Crippen LogP contribution in [0, 0.1) is 0 Å². The summed E-state index contributed by atoms with van der Waals surface area (Å²) in [6.07, 6.45) is 74.9. The molecule has 2 aromatic heterocycles. The van der Waals surface area contributed by atoms with Crippen LogP contribution in [-0.4, -0.2) is 57.4 Å². The zero-order valence-corrected chi connectivity index (χ0v) is 73.5. The van der Waals surface area contributed by atoms with Gasteiger partial charge in [0.15, 0.2) is 0 Å². The maximum absolute atomic E-state index is 6.36. The molecule has 6 nitrogen and oxygen atoms in total. The quantitative estimate of drug-likeness (QED) is 0.0285. The molecule has 0 fully saturated rings. The van der Waals surface area contributed by atoms with Crippen molar-refractivity contribution in [1.82, 2.24) is 20.6 Å². The normalized spacial score (nSPS) is 13.9. The molecule has 0 amide bonds. The monoisotopic (exact) mass is 1590 g/mol. The van der Waals surface area contributed by atoms with Crippen LogP contribution in [0.5, 0.6) is 0 Å². The molecule has 0 radical (unpaired) electrons. The molecule has 8 heteroatoms. The first-order valence-electron chi connectivity index (χ1n) is 45.0. The third-order valence-electron chi connectivity index (χ3n) is 25.9. The van der Waals surface area contributed by atoms with Gasteiger partial charge < -0.3 is 0 Å². The number of benzene rings is 3. The fourth-order valence-corrected chi connectivity index (χ4v) is 52.6. The first-order chi connectivity index (χ1) is 49.2. The van der Waals surface area contributed by atoms with Gasteiger partial charge in [-0.2, -0.15) is 0 Å². The Kier molecular flexibility index (Phi) is 41.3. The van der Waals surface area contributed by atoms with Gasteiger partial charge in [0.05, 0.1) is 0 Å². The van der Waals surface area contributed by atoms with E-state index >= 15 is 0 Å². The van der Waals surface area contributed by atoms with E-state index in [1.54, 1.807) is 29.4 Å². The summed E-state index contributed by atoms with van der Waals surface area (Å²) in [6.45, 7) is 24.1. The van der Waals surface area contributed by atoms with Gasteiger partial charge in [-0.3, -0.25) is 0 Å². The summed E-state index contributed by atoms with van der Waals surface area (Å²) in [4.78, 5) is 0. The van der Waals surface area contributed by atoms with Crippen molar-refractivity contribution in [2.75, 3.05) is 0 Å². The average Bonchev–Trinajstić information content (AvgIpc) is 1.51. The second-order valence-corrected chi connectivity index (χ2v) is 59.9. The topological polar surface area (TPSA) is 77.8 Å². The van der Waals surface area contributed by atoms with E-state index < -0.39 is 36.8 Å². The fraction of sp³-hybridized carbons (Fsp3) is 0.804. The van der Waals surface area contributed by atoms with Gasteiger partial charge >= 0.3 is 526 Å². The van der Waals surface area contributed by atoms with Crippen molar-refractivity contribution in [2.45, 2.75) is 466 Å². The molecule has 7 rings (SSSR count). The second kappa shape index (κ2) is 48.4. The summed E-state index contributed by atoms with van der Waals surface area (Å²) in [6, 6.07) is 11.7. The van der Waals surface area contributed by atoms with Crippen LogP contribution < -0.4 is 7.16 Å². The Morgan fingerprint density at radius 1 is 0.230 bits per heavy atom. The second-order valence-electron chi connectivity index (χ2n) is 33.6. The molecule has 0 N–H and O–H groups in total. The van der Waals surface area contributed by atoms with Crippen LogP contribution in [0.2, 0.25) is 26.6 Å². The van der Waals surface area contributed by atoms with Crippen molar-refractivity contribution in [3.05, 3.63) is 46.5 Å². The number of hydrogen-bond donors (Lipinski definition) is 0. The summed E-state index contributed by atoms with van der Waals surface area (Å²) in [5.41, 5.74) is 16.6. The number of fused-ring (bicyclic) bond motifs is 10. The van der Waals surface area contributed by atoms with Crippen molar-refractivity contribution in [2.24, 2.45) is 0 Å². The predicted molar refractivity (Wildman–Crippen MR) is 445 cm³/mol. The molecule has 2 heterocycles. The molecular formula is C92H158N4O2Sn2. The van der Waals surface area contributed by atoms with Crippen LogP contribution in [0.3, 0.4) is 0 Å². The number of rotatable bonds is 64. The van der Waals surface area contributed by atoms with Crippen LogP contribution >= 0.6 is 0 Å². The Bertz CT molecular complexity index is 2680.